The Morgan fingerprint density at radius 2 is 1.33 bits per heavy atom. The molecule has 0 aromatic carbocycles. The average molecular weight is 180 g/mol. The smallest absolute Gasteiger partial charge is 0.362 e. The Labute approximate surface area is 69.2 Å². The van der Waals surface area contributed by atoms with Gasteiger partial charge in [-0.2, -0.15) is 0 Å². The second-order valence-corrected chi connectivity index (χ2v) is 1.78. The zero-order valence-corrected chi connectivity index (χ0v) is 6.45. The van der Waals surface area contributed by atoms with E-state index in [0.29, 0.717) is 0 Å². The van der Waals surface area contributed by atoms with Crippen molar-refractivity contribution in [3.8, 4) is 0 Å². The summed E-state index contributed by atoms with van der Waals surface area (Å²) in [5.41, 5.74) is 2.23. The number of hydrogen-bond donors (Lipinski definition) is 4. The van der Waals surface area contributed by atoms with Crippen molar-refractivity contribution in [3.05, 3.63) is 0 Å². The predicted octanol–water partition coefficient (Wildman–Crippen LogP) is -0.903. The molecule has 1 aliphatic rings. The predicted molar refractivity (Wildman–Crippen MR) is 36.9 cm³/mol. The summed E-state index contributed by atoms with van der Waals surface area (Å²) in [6, 6.07) is -1.05. The van der Waals surface area contributed by atoms with Gasteiger partial charge < -0.3 is 9.47 Å². The zero-order valence-electron chi connectivity index (χ0n) is 6.45. The van der Waals surface area contributed by atoms with Gasteiger partial charge in [0.2, 0.25) is 0 Å². The van der Waals surface area contributed by atoms with Gasteiger partial charge in [-0.05, 0) is 0 Å². The van der Waals surface area contributed by atoms with E-state index >= 15 is 0 Å². The van der Waals surface area contributed by atoms with Crippen LogP contribution in [0.5, 0.6) is 0 Å². The molecule has 2 amide bonds. The maximum absolute atomic E-state index is 9.46. The van der Waals surface area contributed by atoms with Crippen molar-refractivity contribution < 1.29 is 24.7 Å². The number of urea groups is 1. The summed E-state index contributed by atoms with van der Waals surface area (Å²) in [4.78, 5) is 9.46. The second-order valence-electron chi connectivity index (χ2n) is 1.78. The Morgan fingerprint density at radius 3 is 1.42 bits per heavy atom. The van der Waals surface area contributed by atoms with Crippen molar-refractivity contribution in [2.45, 2.75) is 0 Å². The highest BCUT2D eigenvalue weighted by atomic mass is 16.6. The van der Waals surface area contributed by atoms with Gasteiger partial charge in [0.1, 0.15) is 0 Å². The van der Waals surface area contributed by atoms with E-state index in [1.165, 1.54) is 0 Å². The maximum atomic E-state index is 9.46. The number of rotatable bonds is 0. The third-order valence-corrected chi connectivity index (χ3v) is 0.947. The SMILES string of the molecule is C1COCCO1.O=C(NO)NO. The van der Waals surface area contributed by atoms with Crippen molar-refractivity contribution in [3.63, 3.8) is 0 Å². The van der Waals surface area contributed by atoms with Gasteiger partial charge in [-0.1, -0.05) is 0 Å². The van der Waals surface area contributed by atoms with Crippen molar-refractivity contribution in [1.82, 2.24) is 11.0 Å². The van der Waals surface area contributed by atoms with Crippen LogP contribution in [0.25, 0.3) is 0 Å². The second kappa shape index (κ2) is 8.21. The van der Waals surface area contributed by atoms with Gasteiger partial charge in [0.05, 0.1) is 26.4 Å². The van der Waals surface area contributed by atoms with Crippen molar-refractivity contribution >= 4 is 6.03 Å². The molecule has 7 nitrogen and oxygen atoms in total. The lowest BCUT2D eigenvalue weighted by Gasteiger charge is -2.09. The first-order valence-electron chi connectivity index (χ1n) is 3.31. The molecule has 1 heterocycles. The number of hydrogen-bond acceptors (Lipinski definition) is 5. The fraction of sp³-hybridized carbons (Fsp3) is 0.800. The van der Waals surface area contributed by atoms with Crippen LogP contribution in [0.1, 0.15) is 0 Å². The zero-order chi connectivity index (χ0) is 9.23. The van der Waals surface area contributed by atoms with E-state index in [1.807, 2.05) is 0 Å². The van der Waals surface area contributed by atoms with E-state index in [9.17, 15) is 4.79 Å². The van der Waals surface area contributed by atoms with Crippen LogP contribution < -0.4 is 11.0 Å². The van der Waals surface area contributed by atoms with Gasteiger partial charge in [0, 0.05) is 0 Å². The number of amides is 2. The van der Waals surface area contributed by atoms with Crippen LogP contribution in [0.4, 0.5) is 4.79 Å². The van der Waals surface area contributed by atoms with Crippen LogP contribution in [0, 0.1) is 0 Å². The molecule has 7 heteroatoms. The summed E-state index contributed by atoms with van der Waals surface area (Å²) < 4.78 is 9.89. The maximum Gasteiger partial charge on any atom is 0.362 e. The molecule has 1 saturated heterocycles. The molecule has 1 rings (SSSR count). The van der Waals surface area contributed by atoms with E-state index in [-0.39, 0.29) is 0 Å². The highest BCUT2D eigenvalue weighted by Gasteiger charge is 1.94. The largest absolute Gasteiger partial charge is 0.377 e. The van der Waals surface area contributed by atoms with Gasteiger partial charge >= 0.3 is 6.03 Å². The fourth-order valence-corrected chi connectivity index (χ4v) is 0.465. The normalized spacial score (nSPS) is 15.5. The Bertz CT molecular complexity index is 98.9. The summed E-state index contributed by atoms with van der Waals surface area (Å²) in [7, 11) is 0. The highest BCUT2D eigenvalue weighted by Crippen LogP contribution is 1.85. The monoisotopic (exact) mass is 180 g/mol. The van der Waals surface area contributed by atoms with E-state index in [4.69, 9.17) is 19.9 Å². The summed E-state index contributed by atoms with van der Waals surface area (Å²) in [6.07, 6.45) is 0. The van der Waals surface area contributed by atoms with Crippen molar-refractivity contribution in [1.29, 1.82) is 0 Å². The molecule has 0 unspecified atom stereocenters. The molecule has 0 aromatic rings. The molecule has 0 saturated carbocycles. The fourth-order valence-electron chi connectivity index (χ4n) is 0.465. The van der Waals surface area contributed by atoms with E-state index in [0.717, 1.165) is 37.4 Å². The molecule has 0 atom stereocenters. The van der Waals surface area contributed by atoms with Gasteiger partial charge in [-0.3, -0.25) is 10.4 Å². The lowest BCUT2D eigenvalue weighted by Crippen LogP contribution is -2.30. The summed E-state index contributed by atoms with van der Waals surface area (Å²) >= 11 is 0. The molecule has 0 bridgehead atoms. The summed E-state index contributed by atoms with van der Waals surface area (Å²) in [6.45, 7) is 3.11. The Kier molecular flexibility index (Phi) is 7.60. The molecule has 1 aliphatic heterocycles. The van der Waals surface area contributed by atoms with Crippen molar-refractivity contribution in [2.24, 2.45) is 0 Å². The molecule has 0 radical (unpaired) electrons. The molecule has 4 N–H and O–H groups in total. The molecular formula is C5H12N2O5. The number of hydroxylamine groups is 2. The average Bonchev–Trinajstić information content (AvgIpc) is 2.20. The van der Waals surface area contributed by atoms with Gasteiger partial charge in [0.25, 0.3) is 0 Å². The molecule has 72 valence electrons. The number of carbonyl (C=O) groups excluding carboxylic acids is 1. The van der Waals surface area contributed by atoms with E-state index in [2.05, 4.69) is 0 Å². The number of nitrogens with one attached hydrogen (secondary N) is 2. The first-order valence-corrected chi connectivity index (χ1v) is 3.31. The first kappa shape index (κ1) is 11.1. The van der Waals surface area contributed by atoms with E-state index in [1.54, 1.807) is 0 Å². The Balaban J connectivity index is 0.000000202. The Hall–Kier alpha value is -0.890. The number of ether oxygens (including phenoxy) is 2. The molecule has 0 aromatic heterocycles. The molecule has 1 fully saturated rings. The summed E-state index contributed by atoms with van der Waals surface area (Å²) in [5, 5.41) is 15.0. The molecular weight excluding hydrogens is 168 g/mol. The lowest BCUT2D eigenvalue weighted by atomic mass is 10.6. The van der Waals surface area contributed by atoms with Crippen LogP contribution in [0.2, 0.25) is 0 Å². The third kappa shape index (κ3) is 7.22. The minimum atomic E-state index is -1.05. The molecule has 12 heavy (non-hydrogen) atoms. The number of carbonyl (C=O) groups is 1. The van der Waals surface area contributed by atoms with Crippen molar-refractivity contribution in [2.75, 3.05) is 26.4 Å². The topological polar surface area (TPSA) is 100 Å². The standard InChI is InChI=1S/C4H8O2.CH4N2O3/c1-2-6-4-3-5-1;4-1(2-5)3-6/h1-4H2;5-6H,(H2,2,3,4). The Morgan fingerprint density at radius 1 is 1.00 bits per heavy atom. The van der Waals surface area contributed by atoms with E-state index < -0.39 is 6.03 Å². The van der Waals surface area contributed by atoms with Gasteiger partial charge in [-0.25, -0.2) is 15.8 Å². The van der Waals surface area contributed by atoms with Gasteiger partial charge in [0.15, 0.2) is 0 Å². The van der Waals surface area contributed by atoms with Gasteiger partial charge in [-0.15, -0.1) is 0 Å². The van der Waals surface area contributed by atoms with Crippen LogP contribution in [-0.2, 0) is 9.47 Å². The highest BCUT2D eigenvalue weighted by molar-refractivity contribution is 5.70. The van der Waals surface area contributed by atoms with Crippen LogP contribution in [0.15, 0.2) is 0 Å². The first-order chi connectivity index (χ1) is 5.81. The molecule has 0 spiro atoms. The minimum absolute atomic E-state index is 0.778. The molecule has 0 aliphatic carbocycles. The van der Waals surface area contributed by atoms with Crippen LogP contribution >= 0.6 is 0 Å². The quantitative estimate of drug-likeness (QED) is 0.286. The summed E-state index contributed by atoms with van der Waals surface area (Å²) in [5.74, 6) is 0. The minimum Gasteiger partial charge on any atom is -0.377 e. The third-order valence-electron chi connectivity index (χ3n) is 0.947. The van der Waals surface area contributed by atoms with Crippen LogP contribution in [0.3, 0.4) is 0 Å². The van der Waals surface area contributed by atoms with Crippen LogP contribution in [-0.4, -0.2) is 42.9 Å². The lowest BCUT2D eigenvalue weighted by molar-refractivity contribution is -0.0334.